The number of morpholine rings is 1. The van der Waals surface area contributed by atoms with Crippen molar-refractivity contribution in [3.63, 3.8) is 0 Å². The van der Waals surface area contributed by atoms with Gasteiger partial charge in [-0.25, -0.2) is 4.98 Å². The molecular weight excluding hydrogens is 216 g/mol. The van der Waals surface area contributed by atoms with Gasteiger partial charge in [0.15, 0.2) is 5.82 Å². The van der Waals surface area contributed by atoms with Crippen LogP contribution in [0.2, 0.25) is 0 Å². The van der Waals surface area contributed by atoms with E-state index in [1.807, 2.05) is 6.07 Å². The summed E-state index contributed by atoms with van der Waals surface area (Å²) < 4.78 is 5.46. The average Bonchev–Trinajstić information content (AvgIpc) is 2.29. The number of rotatable bonds is 1. The molecule has 0 saturated carbocycles. The number of pyridine rings is 1. The number of hydrogen-bond acceptors (Lipinski definition) is 5. The molecule has 0 radical (unpaired) electrons. The molecule has 0 aromatic carbocycles. The van der Waals surface area contributed by atoms with Crippen LogP contribution in [0.5, 0.6) is 0 Å². The van der Waals surface area contributed by atoms with Gasteiger partial charge in [0.05, 0.1) is 30.0 Å². The van der Waals surface area contributed by atoms with E-state index in [-0.39, 0.29) is 5.54 Å². The minimum absolute atomic E-state index is 0.131. The van der Waals surface area contributed by atoms with E-state index in [4.69, 9.17) is 15.7 Å². The largest absolute Gasteiger partial charge is 0.396 e. The second-order valence-electron chi connectivity index (χ2n) is 4.77. The van der Waals surface area contributed by atoms with Gasteiger partial charge in [0, 0.05) is 12.7 Å². The van der Waals surface area contributed by atoms with Crippen molar-refractivity contribution in [3.8, 4) is 6.07 Å². The van der Waals surface area contributed by atoms with Crippen LogP contribution in [-0.2, 0) is 4.74 Å². The second-order valence-corrected chi connectivity index (χ2v) is 4.77. The van der Waals surface area contributed by atoms with E-state index in [2.05, 4.69) is 23.7 Å². The highest BCUT2D eigenvalue weighted by Crippen LogP contribution is 2.29. The van der Waals surface area contributed by atoms with Gasteiger partial charge >= 0.3 is 0 Å². The van der Waals surface area contributed by atoms with Crippen LogP contribution in [0.1, 0.15) is 19.4 Å². The molecule has 1 fully saturated rings. The van der Waals surface area contributed by atoms with Gasteiger partial charge in [0.1, 0.15) is 6.07 Å². The number of nitrogen functional groups attached to an aromatic ring is 1. The lowest BCUT2D eigenvalue weighted by Crippen LogP contribution is -2.53. The van der Waals surface area contributed by atoms with Crippen molar-refractivity contribution >= 4 is 11.5 Å². The number of aromatic nitrogens is 1. The number of nitrogens with zero attached hydrogens (tertiary/aromatic N) is 3. The molecule has 2 heterocycles. The quantitative estimate of drug-likeness (QED) is 0.786. The zero-order valence-electron chi connectivity index (χ0n) is 10.1. The molecule has 2 rings (SSSR count). The Morgan fingerprint density at radius 1 is 1.59 bits per heavy atom. The highest BCUT2D eigenvalue weighted by molar-refractivity contribution is 5.65. The number of hydrogen-bond donors (Lipinski definition) is 1. The molecular formula is C12H16N4O. The first-order valence-corrected chi connectivity index (χ1v) is 5.55. The van der Waals surface area contributed by atoms with Crippen molar-refractivity contribution in [2.24, 2.45) is 0 Å². The Hall–Kier alpha value is -1.80. The van der Waals surface area contributed by atoms with Crippen LogP contribution in [0, 0.1) is 11.3 Å². The molecule has 1 aliphatic rings. The molecule has 0 amide bonds. The Balaban J connectivity index is 2.36. The zero-order valence-corrected chi connectivity index (χ0v) is 10.1. The lowest BCUT2D eigenvalue weighted by molar-refractivity contribution is 0.0640. The maximum absolute atomic E-state index is 8.79. The van der Waals surface area contributed by atoms with E-state index < -0.39 is 0 Å². The average molecular weight is 232 g/mol. The van der Waals surface area contributed by atoms with E-state index in [0.717, 1.165) is 12.4 Å². The molecule has 5 heteroatoms. The molecule has 1 saturated heterocycles. The third kappa shape index (κ3) is 2.17. The van der Waals surface area contributed by atoms with Crippen LogP contribution in [0.25, 0.3) is 0 Å². The summed E-state index contributed by atoms with van der Waals surface area (Å²) in [5, 5.41) is 8.79. The number of anilines is 2. The van der Waals surface area contributed by atoms with Gasteiger partial charge < -0.3 is 15.4 Å². The van der Waals surface area contributed by atoms with Crippen LogP contribution in [0.15, 0.2) is 12.3 Å². The Kier molecular flexibility index (Phi) is 2.90. The third-order valence-electron chi connectivity index (χ3n) is 2.93. The van der Waals surface area contributed by atoms with Crippen LogP contribution in [0.4, 0.5) is 11.5 Å². The molecule has 1 aromatic heterocycles. The van der Waals surface area contributed by atoms with Crippen LogP contribution in [-0.4, -0.2) is 30.3 Å². The van der Waals surface area contributed by atoms with E-state index in [1.54, 1.807) is 12.3 Å². The molecule has 0 spiro atoms. The Morgan fingerprint density at radius 2 is 2.35 bits per heavy atom. The molecule has 17 heavy (non-hydrogen) atoms. The summed E-state index contributed by atoms with van der Waals surface area (Å²) in [6.45, 7) is 6.26. The Morgan fingerprint density at radius 3 is 2.94 bits per heavy atom. The highest BCUT2D eigenvalue weighted by atomic mass is 16.5. The summed E-state index contributed by atoms with van der Waals surface area (Å²) in [6, 6.07) is 3.69. The smallest absolute Gasteiger partial charge is 0.152 e. The first kappa shape index (κ1) is 11.7. The Bertz CT molecular complexity index is 464. The summed E-state index contributed by atoms with van der Waals surface area (Å²) in [5.41, 5.74) is 6.85. The number of nitrogens with two attached hydrogens (primary N) is 1. The normalized spacial score (nSPS) is 18.8. The van der Waals surface area contributed by atoms with Crippen molar-refractivity contribution in [2.75, 3.05) is 30.4 Å². The standard InChI is InChI=1S/C12H16N4O/c1-12(2)8-17-4-3-16(12)11-10(14)5-9(6-13)7-15-11/h5,7H,3-4,8,14H2,1-2H3. The Labute approximate surface area is 101 Å². The fraction of sp³-hybridized carbons (Fsp3) is 0.500. The van der Waals surface area contributed by atoms with Crippen LogP contribution >= 0.6 is 0 Å². The SMILES string of the molecule is CC1(C)COCCN1c1ncc(C#N)cc1N. The van der Waals surface area contributed by atoms with Crippen molar-refractivity contribution in [1.29, 1.82) is 5.26 Å². The zero-order chi connectivity index (χ0) is 12.5. The van der Waals surface area contributed by atoms with Crippen LogP contribution in [0.3, 0.4) is 0 Å². The third-order valence-corrected chi connectivity index (χ3v) is 2.93. The first-order valence-electron chi connectivity index (χ1n) is 5.55. The van der Waals surface area contributed by atoms with Crippen molar-refractivity contribution in [1.82, 2.24) is 4.98 Å². The second kappa shape index (κ2) is 4.22. The lowest BCUT2D eigenvalue weighted by atomic mass is 10.0. The van der Waals surface area contributed by atoms with Gasteiger partial charge in [0.2, 0.25) is 0 Å². The van der Waals surface area contributed by atoms with E-state index in [0.29, 0.717) is 24.5 Å². The predicted molar refractivity (Wildman–Crippen MR) is 65.6 cm³/mol. The molecule has 0 aliphatic carbocycles. The fourth-order valence-electron chi connectivity index (χ4n) is 2.01. The molecule has 0 atom stereocenters. The molecule has 90 valence electrons. The predicted octanol–water partition coefficient (Wildman–Crippen LogP) is 1.15. The van der Waals surface area contributed by atoms with Gasteiger partial charge in [-0.3, -0.25) is 0 Å². The van der Waals surface area contributed by atoms with Gasteiger partial charge in [-0.05, 0) is 19.9 Å². The van der Waals surface area contributed by atoms with E-state index in [9.17, 15) is 0 Å². The lowest BCUT2D eigenvalue weighted by Gasteiger charge is -2.43. The maximum Gasteiger partial charge on any atom is 0.152 e. The van der Waals surface area contributed by atoms with Gasteiger partial charge in [-0.1, -0.05) is 0 Å². The van der Waals surface area contributed by atoms with E-state index >= 15 is 0 Å². The highest BCUT2D eigenvalue weighted by Gasteiger charge is 2.32. The fourth-order valence-corrected chi connectivity index (χ4v) is 2.01. The van der Waals surface area contributed by atoms with Crippen molar-refractivity contribution in [3.05, 3.63) is 17.8 Å². The number of nitriles is 1. The summed E-state index contributed by atoms with van der Waals surface area (Å²) in [5.74, 6) is 0.734. The minimum Gasteiger partial charge on any atom is -0.396 e. The first-order chi connectivity index (χ1) is 8.04. The summed E-state index contributed by atoms with van der Waals surface area (Å²) in [4.78, 5) is 6.42. The van der Waals surface area contributed by atoms with Crippen molar-refractivity contribution < 1.29 is 4.74 Å². The topological polar surface area (TPSA) is 75.2 Å². The summed E-state index contributed by atoms with van der Waals surface area (Å²) in [7, 11) is 0. The van der Waals surface area contributed by atoms with Gasteiger partial charge in [-0.15, -0.1) is 0 Å². The monoisotopic (exact) mass is 232 g/mol. The van der Waals surface area contributed by atoms with Gasteiger partial charge in [-0.2, -0.15) is 5.26 Å². The molecule has 5 nitrogen and oxygen atoms in total. The van der Waals surface area contributed by atoms with E-state index in [1.165, 1.54) is 0 Å². The molecule has 0 unspecified atom stereocenters. The number of ether oxygens (including phenoxy) is 1. The molecule has 2 N–H and O–H groups in total. The molecule has 0 bridgehead atoms. The summed E-state index contributed by atoms with van der Waals surface area (Å²) in [6.07, 6.45) is 1.55. The van der Waals surface area contributed by atoms with Gasteiger partial charge in [0.25, 0.3) is 0 Å². The summed E-state index contributed by atoms with van der Waals surface area (Å²) >= 11 is 0. The molecule has 1 aromatic rings. The maximum atomic E-state index is 8.79. The van der Waals surface area contributed by atoms with Crippen molar-refractivity contribution in [2.45, 2.75) is 19.4 Å². The minimum atomic E-state index is -0.131. The van der Waals surface area contributed by atoms with Crippen LogP contribution < -0.4 is 10.6 Å². The molecule has 1 aliphatic heterocycles.